The molecule has 20 heavy (non-hydrogen) atoms. The normalized spacial score (nSPS) is 21.9. The van der Waals surface area contributed by atoms with Gasteiger partial charge in [-0.15, -0.1) is 0 Å². The van der Waals surface area contributed by atoms with Crippen molar-refractivity contribution in [3.63, 3.8) is 0 Å². The Morgan fingerprint density at radius 1 is 1.40 bits per heavy atom. The summed E-state index contributed by atoms with van der Waals surface area (Å²) in [6.45, 7) is 0.643. The number of carbonyl (C=O) groups is 1. The number of carbonyl (C=O) groups excluding carboxylic acids is 1. The number of ether oxygens (including phenoxy) is 1. The number of halogens is 2. The fraction of sp³-hybridized carbons (Fsp3) is 0.500. The zero-order valence-corrected chi connectivity index (χ0v) is 11.1. The first-order chi connectivity index (χ1) is 9.60. The molecule has 0 saturated carbocycles. The maximum atomic E-state index is 13.4. The van der Waals surface area contributed by atoms with Crippen LogP contribution < -0.4 is 11.1 Å². The van der Waals surface area contributed by atoms with Gasteiger partial charge in [0.1, 0.15) is 17.7 Å². The lowest BCUT2D eigenvalue weighted by atomic mass is 10.1. The molecule has 2 atom stereocenters. The minimum absolute atomic E-state index is 0.0635. The molecule has 1 amide bonds. The van der Waals surface area contributed by atoms with Crippen LogP contribution in [0.5, 0.6) is 0 Å². The molecule has 1 fully saturated rings. The molecule has 1 saturated heterocycles. The monoisotopic (exact) mass is 284 g/mol. The molecule has 1 heterocycles. The molecule has 1 aromatic rings. The van der Waals surface area contributed by atoms with Crippen molar-refractivity contribution >= 4 is 5.91 Å². The second-order valence-electron chi connectivity index (χ2n) is 4.84. The molecule has 0 aromatic heterocycles. The first-order valence-electron chi connectivity index (χ1n) is 6.67. The van der Waals surface area contributed by atoms with Crippen molar-refractivity contribution in [1.29, 1.82) is 0 Å². The quantitative estimate of drug-likeness (QED) is 0.852. The van der Waals surface area contributed by atoms with Crippen LogP contribution in [0, 0.1) is 11.6 Å². The molecular formula is C14H18F2N2O2. The lowest BCUT2D eigenvalue weighted by Gasteiger charge is -2.12. The maximum absolute atomic E-state index is 13.4. The highest BCUT2D eigenvalue weighted by atomic mass is 19.1. The van der Waals surface area contributed by atoms with Crippen LogP contribution in [0.15, 0.2) is 18.2 Å². The van der Waals surface area contributed by atoms with Crippen LogP contribution in [-0.2, 0) is 16.0 Å². The Kier molecular flexibility index (Phi) is 5.03. The van der Waals surface area contributed by atoms with Crippen molar-refractivity contribution < 1.29 is 18.3 Å². The van der Waals surface area contributed by atoms with Crippen LogP contribution in [-0.4, -0.2) is 31.2 Å². The highest BCUT2D eigenvalue weighted by molar-refractivity contribution is 5.81. The van der Waals surface area contributed by atoms with Gasteiger partial charge >= 0.3 is 0 Å². The van der Waals surface area contributed by atoms with Crippen LogP contribution in [0.2, 0.25) is 0 Å². The van der Waals surface area contributed by atoms with Gasteiger partial charge in [0.2, 0.25) is 5.91 Å². The predicted molar refractivity (Wildman–Crippen MR) is 70.0 cm³/mol. The first-order valence-corrected chi connectivity index (χ1v) is 6.67. The van der Waals surface area contributed by atoms with E-state index in [-0.39, 0.29) is 30.5 Å². The van der Waals surface area contributed by atoms with Crippen molar-refractivity contribution in [2.75, 3.05) is 13.1 Å². The summed E-state index contributed by atoms with van der Waals surface area (Å²) in [4.78, 5) is 11.8. The van der Waals surface area contributed by atoms with Crippen molar-refractivity contribution in [3.05, 3.63) is 35.4 Å². The van der Waals surface area contributed by atoms with Crippen molar-refractivity contribution in [2.24, 2.45) is 5.73 Å². The van der Waals surface area contributed by atoms with E-state index in [0.29, 0.717) is 13.0 Å². The average Bonchev–Trinajstić information content (AvgIpc) is 2.91. The number of hydrogen-bond acceptors (Lipinski definition) is 3. The van der Waals surface area contributed by atoms with E-state index < -0.39 is 17.7 Å². The topological polar surface area (TPSA) is 64.4 Å². The minimum atomic E-state index is -0.488. The Hall–Kier alpha value is -1.53. The number of hydrogen-bond donors (Lipinski definition) is 2. The fourth-order valence-electron chi connectivity index (χ4n) is 2.24. The molecule has 1 aliphatic heterocycles. The van der Waals surface area contributed by atoms with E-state index in [9.17, 15) is 13.6 Å². The summed E-state index contributed by atoms with van der Waals surface area (Å²) in [5.41, 5.74) is 5.72. The summed E-state index contributed by atoms with van der Waals surface area (Å²) in [7, 11) is 0. The van der Waals surface area contributed by atoms with Gasteiger partial charge in [-0.3, -0.25) is 4.79 Å². The molecule has 1 aliphatic rings. The SMILES string of the molecule is NC[C@H]1CC[C@@H](C(=O)NCCc2cc(F)ccc2F)O1. The smallest absolute Gasteiger partial charge is 0.249 e. The highest BCUT2D eigenvalue weighted by Crippen LogP contribution is 2.18. The van der Waals surface area contributed by atoms with E-state index >= 15 is 0 Å². The molecular weight excluding hydrogens is 266 g/mol. The van der Waals surface area contributed by atoms with Gasteiger partial charge in [-0.05, 0) is 43.0 Å². The summed E-state index contributed by atoms with van der Waals surface area (Å²) in [6, 6.07) is 3.28. The zero-order chi connectivity index (χ0) is 14.5. The van der Waals surface area contributed by atoms with Gasteiger partial charge < -0.3 is 15.8 Å². The molecule has 6 heteroatoms. The van der Waals surface area contributed by atoms with Gasteiger partial charge in [0.15, 0.2) is 0 Å². The Balaban J connectivity index is 1.78. The summed E-state index contributed by atoms with van der Waals surface area (Å²) >= 11 is 0. The minimum Gasteiger partial charge on any atom is -0.364 e. The standard InChI is InChI=1S/C14H18F2N2O2/c15-10-1-3-12(16)9(7-10)5-6-18-14(19)13-4-2-11(8-17)20-13/h1,3,7,11,13H,2,4-6,8,17H2,(H,18,19)/t11-,13+/m1/s1. The van der Waals surface area contributed by atoms with Gasteiger partial charge in [0, 0.05) is 13.1 Å². The summed E-state index contributed by atoms with van der Waals surface area (Å²) < 4.78 is 31.8. The second kappa shape index (κ2) is 6.76. The third kappa shape index (κ3) is 3.74. The van der Waals surface area contributed by atoms with E-state index in [0.717, 1.165) is 24.6 Å². The fourth-order valence-corrected chi connectivity index (χ4v) is 2.24. The molecule has 1 aromatic carbocycles. The average molecular weight is 284 g/mol. The molecule has 110 valence electrons. The lowest BCUT2D eigenvalue weighted by Crippen LogP contribution is -2.36. The molecule has 2 rings (SSSR count). The lowest BCUT2D eigenvalue weighted by molar-refractivity contribution is -0.131. The molecule has 0 radical (unpaired) electrons. The number of benzene rings is 1. The number of rotatable bonds is 5. The molecule has 4 nitrogen and oxygen atoms in total. The van der Waals surface area contributed by atoms with Crippen LogP contribution >= 0.6 is 0 Å². The maximum Gasteiger partial charge on any atom is 0.249 e. The van der Waals surface area contributed by atoms with Crippen LogP contribution in [0.1, 0.15) is 18.4 Å². The van der Waals surface area contributed by atoms with Gasteiger partial charge in [0.05, 0.1) is 6.10 Å². The van der Waals surface area contributed by atoms with Crippen molar-refractivity contribution in [3.8, 4) is 0 Å². The molecule has 0 bridgehead atoms. The summed E-state index contributed by atoms with van der Waals surface area (Å²) in [5.74, 6) is -1.18. The van der Waals surface area contributed by atoms with Crippen molar-refractivity contribution in [1.82, 2.24) is 5.32 Å². The molecule has 3 N–H and O–H groups in total. The van der Waals surface area contributed by atoms with Crippen molar-refractivity contribution in [2.45, 2.75) is 31.5 Å². The van der Waals surface area contributed by atoms with Gasteiger partial charge in [-0.1, -0.05) is 0 Å². The van der Waals surface area contributed by atoms with Crippen LogP contribution in [0.25, 0.3) is 0 Å². The van der Waals surface area contributed by atoms with E-state index in [2.05, 4.69) is 5.32 Å². The van der Waals surface area contributed by atoms with E-state index in [1.165, 1.54) is 0 Å². The van der Waals surface area contributed by atoms with E-state index in [1.807, 2.05) is 0 Å². The summed E-state index contributed by atoms with van der Waals surface area (Å²) in [6.07, 6.45) is 1.10. The number of nitrogens with two attached hydrogens (primary N) is 1. The Bertz CT molecular complexity index is 482. The molecule has 0 aliphatic carbocycles. The van der Waals surface area contributed by atoms with Crippen LogP contribution in [0.3, 0.4) is 0 Å². The van der Waals surface area contributed by atoms with E-state index in [1.54, 1.807) is 0 Å². The Labute approximate surface area is 116 Å². The number of amides is 1. The Morgan fingerprint density at radius 2 is 2.20 bits per heavy atom. The first kappa shape index (κ1) is 14.9. The number of nitrogens with one attached hydrogen (secondary N) is 1. The second-order valence-corrected chi connectivity index (χ2v) is 4.84. The van der Waals surface area contributed by atoms with Gasteiger partial charge in [-0.2, -0.15) is 0 Å². The Morgan fingerprint density at radius 3 is 2.90 bits per heavy atom. The molecule has 0 unspecified atom stereocenters. The zero-order valence-electron chi connectivity index (χ0n) is 11.1. The van der Waals surface area contributed by atoms with Gasteiger partial charge in [0.25, 0.3) is 0 Å². The third-order valence-electron chi connectivity index (χ3n) is 3.36. The molecule has 0 spiro atoms. The van der Waals surface area contributed by atoms with E-state index in [4.69, 9.17) is 10.5 Å². The van der Waals surface area contributed by atoms with Gasteiger partial charge in [-0.25, -0.2) is 8.78 Å². The predicted octanol–water partition coefficient (Wildman–Crippen LogP) is 1.13. The third-order valence-corrected chi connectivity index (χ3v) is 3.36. The largest absolute Gasteiger partial charge is 0.364 e. The van der Waals surface area contributed by atoms with Crippen LogP contribution in [0.4, 0.5) is 8.78 Å². The summed E-state index contributed by atoms with van der Waals surface area (Å²) in [5, 5.41) is 2.67. The highest BCUT2D eigenvalue weighted by Gasteiger charge is 2.29.